The van der Waals surface area contributed by atoms with Gasteiger partial charge in [0, 0.05) is 36.9 Å². The molecule has 1 N–H and O–H groups in total. The number of hydrogen-bond acceptors (Lipinski definition) is 6. The molecule has 1 aliphatic heterocycles. The van der Waals surface area contributed by atoms with Gasteiger partial charge in [-0.3, -0.25) is 9.78 Å². The van der Waals surface area contributed by atoms with E-state index in [1.807, 2.05) is 18.2 Å². The maximum absolute atomic E-state index is 15.4. The number of ether oxygens (including phenoxy) is 1. The maximum atomic E-state index is 15.4. The Bertz CT molecular complexity index is 1110. The number of rotatable bonds is 11. The van der Waals surface area contributed by atoms with Crippen molar-refractivity contribution in [2.24, 2.45) is 11.8 Å². The molecule has 0 saturated carbocycles. The van der Waals surface area contributed by atoms with Gasteiger partial charge in [0.05, 0.1) is 18.5 Å². The van der Waals surface area contributed by atoms with Crippen molar-refractivity contribution in [3.63, 3.8) is 0 Å². The van der Waals surface area contributed by atoms with Crippen molar-refractivity contribution in [1.29, 1.82) is 0 Å². The molecule has 0 bridgehead atoms. The molecule has 186 valence electrons. The SMILES string of the molecule is COc1ccc2nccc(C(F)CC[C@@H]3CCN(CCCCc4ncccn4)C[C@@H]3C(=O)O)c2c1. The lowest BCUT2D eigenvalue weighted by atomic mass is 9.81. The predicted octanol–water partition coefficient (Wildman–Crippen LogP) is 4.87. The highest BCUT2D eigenvalue weighted by Gasteiger charge is 2.34. The van der Waals surface area contributed by atoms with Crippen LogP contribution in [0.2, 0.25) is 0 Å². The second kappa shape index (κ2) is 12.0. The molecule has 35 heavy (non-hydrogen) atoms. The summed E-state index contributed by atoms with van der Waals surface area (Å²) in [4.78, 5) is 27.1. The van der Waals surface area contributed by atoms with Crippen molar-refractivity contribution in [3.05, 3.63) is 60.3 Å². The topological polar surface area (TPSA) is 88.4 Å². The molecule has 3 heterocycles. The Morgan fingerprint density at radius 1 is 1.20 bits per heavy atom. The number of fused-ring (bicyclic) bond motifs is 1. The molecule has 0 spiro atoms. The number of carbonyl (C=O) groups is 1. The summed E-state index contributed by atoms with van der Waals surface area (Å²) in [6.45, 7) is 2.23. The fraction of sp³-hybridized carbons (Fsp3) is 0.481. The van der Waals surface area contributed by atoms with Gasteiger partial charge in [-0.25, -0.2) is 14.4 Å². The lowest BCUT2D eigenvalue weighted by Gasteiger charge is -2.36. The number of alkyl halides is 1. The zero-order valence-electron chi connectivity index (χ0n) is 20.1. The number of unbranched alkanes of at least 4 members (excludes halogenated alkanes) is 1. The van der Waals surface area contributed by atoms with Crippen LogP contribution in [0.4, 0.5) is 4.39 Å². The van der Waals surface area contributed by atoms with E-state index in [2.05, 4.69) is 19.9 Å². The Hall–Kier alpha value is -3.13. The van der Waals surface area contributed by atoms with Gasteiger partial charge in [-0.05, 0) is 87.0 Å². The number of carboxylic acids is 1. The summed E-state index contributed by atoms with van der Waals surface area (Å²) in [5.74, 6) is 0.223. The number of hydrogen-bond donors (Lipinski definition) is 1. The summed E-state index contributed by atoms with van der Waals surface area (Å²) >= 11 is 0. The molecule has 7 nitrogen and oxygen atoms in total. The average molecular weight is 481 g/mol. The third-order valence-corrected chi connectivity index (χ3v) is 7.01. The molecule has 1 unspecified atom stereocenters. The Labute approximate surface area is 205 Å². The molecule has 0 aliphatic carbocycles. The van der Waals surface area contributed by atoms with Crippen LogP contribution in [0.15, 0.2) is 48.9 Å². The summed E-state index contributed by atoms with van der Waals surface area (Å²) in [7, 11) is 1.58. The quantitative estimate of drug-likeness (QED) is 0.392. The zero-order chi connectivity index (χ0) is 24.6. The van der Waals surface area contributed by atoms with Crippen molar-refractivity contribution in [1.82, 2.24) is 19.9 Å². The van der Waals surface area contributed by atoms with Gasteiger partial charge >= 0.3 is 5.97 Å². The molecule has 1 fully saturated rings. The number of aryl methyl sites for hydroxylation is 1. The summed E-state index contributed by atoms with van der Waals surface area (Å²) < 4.78 is 20.7. The normalized spacial score (nSPS) is 19.5. The average Bonchev–Trinajstić information content (AvgIpc) is 2.89. The number of benzene rings is 1. The summed E-state index contributed by atoms with van der Waals surface area (Å²) in [5.41, 5.74) is 1.31. The molecule has 1 saturated heterocycles. The van der Waals surface area contributed by atoms with Crippen LogP contribution in [0.25, 0.3) is 10.9 Å². The number of likely N-dealkylation sites (tertiary alicyclic amines) is 1. The molecule has 0 radical (unpaired) electrons. The van der Waals surface area contributed by atoms with Crippen LogP contribution < -0.4 is 4.74 Å². The minimum Gasteiger partial charge on any atom is -0.497 e. The molecule has 4 rings (SSSR count). The molecule has 2 aromatic heterocycles. The molecule has 1 aromatic carbocycles. The third kappa shape index (κ3) is 6.51. The van der Waals surface area contributed by atoms with Gasteiger partial charge in [0.1, 0.15) is 17.7 Å². The first-order valence-electron chi connectivity index (χ1n) is 12.3. The van der Waals surface area contributed by atoms with E-state index in [1.54, 1.807) is 37.8 Å². The molecule has 0 amide bonds. The van der Waals surface area contributed by atoms with Gasteiger partial charge in [0.25, 0.3) is 0 Å². The molecule has 1 aliphatic rings. The smallest absolute Gasteiger partial charge is 0.308 e. The highest BCUT2D eigenvalue weighted by Crippen LogP contribution is 2.35. The largest absolute Gasteiger partial charge is 0.497 e. The number of halogens is 1. The monoisotopic (exact) mass is 480 g/mol. The van der Waals surface area contributed by atoms with E-state index in [1.165, 1.54) is 0 Å². The Kier molecular flexibility index (Phi) is 8.58. The first-order valence-corrected chi connectivity index (χ1v) is 12.3. The summed E-state index contributed by atoms with van der Waals surface area (Å²) in [5, 5.41) is 10.6. The predicted molar refractivity (Wildman–Crippen MR) is 132 cm³/mol. The summed E-state index contributed by atoms with van der Waals surface area (Å²) in [6, 6.07) is 8.97. The van der Waals surface area contributed by atoms with E-state index < -0.39 is 18.1 Å². The number of piperidine rings is 1. The lowest BCUT2D eigenvalue weighted by molar-refractivity contribution is -0.146. The summed E-state index contributed by atoms with van der Waals surface area (Å²) in [6.07, 6.45) is 8.33. The van der Waals surface area contributed by atoms with Crippen LogP contribution in [0.5, 0.6) is 5.75 Å². The van der Waals surface area contributed by atoms with Crippen molar-refractivity contribution in [2.45, 2.75) is 44.7 Å². The number of aliphatic carboxylic acids is 1. The van der Waals surface area contributed by atoms with E-state index in [-0.39, 0.29) is 5.92 Å². The van der Waals surface area contributed by atoms with Gasteiger partial charge in [0.2, 0.25) is 0 Å². The van der Waals surface area contributed by atoms with Crippen LogP contribution in [-0.4, -0.2) is 57.7 Å². The maximum Gasteiger partial charge on any atom is 0.308 e. The Morgan fingerprint density at radius 3 is 2.80 bits per heavy atom. The first-order chi connectivity index (χ1) is 17.0. The zero-order valence-corrected chi connectivity index (χ0v) is 20.1. The molecule has 3 atom stereocenters. The second-order valence-corrected chi connectivity index (χ2v) is 9.24. The molecular formula is C27H33FN4O3. The van der Waals surface area contributed by atoms with Crippen LogP contribution in [0.1, 0.15) is 49.7 Å². The van der Waals surface area contributed by atoms with Crippen LogP contribution in [0.3, 0.4) is 0 Å². The molecule has 3 aromatic rings. The van der Waals surface area contributed by atoms with E-state index in [9.17, 15) is 9.90 Å². The van der Waals surface area contributed by atoms with E-state index in [0.717, 1.165) is 55.5 Å². The molecular weight excluding hydrogens is 447 g/mol. The van der Waals surface area contributed by atoms with Crippen LogP contribution in [-0.2, 0) is 11.2 Å². The Balaban J connectivity index is 1.30. The number of carboxylic acid groups (broad SMARTS) is 1. The van der Waals surface area contributed by atoms with E-state index >= 15 is 4.39 Å². The van der Waals surface area contributed by atoms with Gasteiger partial charge in [0.15, 0.2) is 0 Å². The molecule has 8 heteroatoms. The number of methoxy groups -OCH3 is 1. The Morgan fingerprint density at radius 2 is 2.03 bits per heavy atom. The van der Waals surface area contributed by atoms with Gasteiger partial charge < -0.3 is 14.7 Å². The van der Waals surface area contributed by atoms with Crippen molar-refractivity contribution in [2.75, 3.05) is 26.7 Å². The fourth-order valence-corrected chi connectivity index (χ4v) is 5.04. The van der Waals surface area contributed by atoms with Crippen LogP contribution >= 0.6 is 0 Å². The minimum atomic E-state index is -1.18. The van der Waals surface area contributed by atoms with E-state index in [4.69, 9.17) is 4.74 Å². The number of nitrogens with zero attached hydrogens (tertiary/aromatic N) is 4. The number of pyridine rings is 1. The van der Waals surface area contributed by atoms with Crippen molar-refractivity contribution >= 4 is 16.9 Å². The van der Waals surface area contributed by atoms with Gasteiger partial charge in [-0.15, -0.1) is 0 Å². The fourth-order valence-electron chi connectivity index (χ4n) is 5.04. The van der Waals surface area contributed by atoms with Crippen LogP contribution in [0, 0.1) is 11.8 Å². The first kappa shape index (κ1) is 25.0. The van der Waals surface area contributed by atoms with Gasteiger partial charge in [-0.2, -0.15) is 0 Å². The van der Waals surface area contributed by atoms with Gasteiger partial charge in [-0.1, -0.05) is 0 Å². The minimum absolute atomic E-state index is 0.0256. The third-order valence-electron chi connectivity index (χ3n) is 7.01. The lowest BCUT2D eigenvalue weighted by Crippen LogP contribution is -2.44. The second-order valence-electron chi connectivity index (χ2n) is 9.24. The number of aromatic nitrogens is 3. The highest BCUT2D eigenvalue weighted by atomic mass is 19.1. The van der Waals surface area contributed by atoms with Crippen molar-refractivity contribution in [3.8, 4) is 5.75 Å². The highest BCUT2D eigenvalue weighted by molar-refractivity contribution is 5.83. The van der Waals surface area contributed by atoms with Crippen molar-refractivity contribution < 1.29 is 19.0 Å². The van der Waals surface area contributed by atoms with E-state index in [0.29, 0.717) is 30.7 Å². The standard InChI is InChI=1S/C27H33FN4O3/c1-35-20-7-9-25-22(17-20)21(10-14-29-25)24(28)8-6-19-11-16-32(18-23(19)27(33)34)15-3-2-5-26-30-12-4-13-31-26/h4,7,9-10,12-14,17,19,23-24H,2-3,5-6,8,11,15-16,18H2,1H3,(H,33,34)/t19-,23+,24?/m1/s1.